The van der Waals surface area contributed by atoms with E-state index in [0.29, 0.717) is 12.8 Å². The molecule has 0 saturated carbocycles. The van der Waals surface area contributed by atoms with Gasteiger partial charge < -0.3 is 10.1 Å². The summed E-state index contributed by atoms with van der Waals surface area (Å²) in [6.07, 6.45) is 4.56. The average molecular weight is 260 g/mol. The van der Waals surface area contributed by atoms with Crippen LogP contribution in [0.2, 0.25) is 0 Å². The second kappa shape index (κ2) is 6.53. The van der Waals surface area contributed by atoms with Crippen LogP contribution in [0.5, 0.6) is 0 Å². The third-order valence-corrected chi connectivity index (χ3v) is 3.69. The minimum atomic E-state index is -3.73. The van der Waals surface area contributed by atoms with Gasteiger partial charge in [-0.15, -0.1) is 0 Å². The van der Waals surface area contributed by atoms with E-state index in [-0.39, 0.29) is 18.0 Å². The van der Waals surface area contributed by atoms with E-state index in [9.17, 15) is 13.2 Å². The number of hydrogen-bond acceptors (Lipinski definition) is 4. The van der Waals surface area contributed by atoms with E-state index in [1.54, 1.807) is 0 Å². The van der Waals surface area contributed by atoms with Crippen molar-refractivity contribution in [2.75, 3.05) is 13.2 Å². The number of nitrogens with one attached hydrogen (secondary N) is 2. The number of aliphatic hydroxyl groups is 1. The summed E-state index contributed by atoms with van der Waals surface area (Å²) < 4.78 is 25.8. The Labute approximate surface area is 99.7 Å². The van der Waals surface area contributed by atoms with E-state index >= 15 is 0 Å². The highest BCUT2D eigenvalue weighted by atomic mass is 32.2. The number of aromatic nitrogens is 1. The monoisotopic (exact) mass is 260 g/mol. The second-order valence-corrected chi connectivity index (χ2v) is 5.29. The minimum absolute atomic E-state index is 0.102. The number of unbranched alkanes of at least 4 members (excludes halogenated alkanes) is 2. The Bertz CT molecular complexity index is 495. The summed E-state index contributed by atoms with van der Waals surface area (Å²) >= 11 is 0. The second-order valence-electron chi connectivity index (χ2n) is 3.55. The smallest absolute Gasteiger partial charge is 0.245 e. The van der Waals surface area contributed by atoms with Crippen LogP contribution in [0.15, 0.2) is 28.2 Å². The van der Waals surface area contributed by atoms with Crippen LogP contribution in [0.3, 0.4) is 0 Å². The topological polar surface area (TPSA) is 99.3 Å². The maximum absolute atomic E-state index is 11.7. The summed E-state index contributed by atoms with van der Waals surface area (Å²) in [5, 5.41) is 8.56. The van der Waals surface area contributed by atoms with Gasteiger partial charge in [0.15, 0.2) is 0 Å². The molecule has 0 aliphatic heterocycles. The van der Waals surface area contributed by atoms with Crippen LogP contribution in [0, 0.1) is 0 Å². The van der Waals surface area contributed by atoms with Crippen LogP contribution in [0.1, 0.15) is 19.3 Å². The maximum Gasteiger partial charge on any atom is 0.245 e. The van der Waals surface area contributed by atoms with E-state index in [1.807, 2.05) is 0 Å². The van der Waals surface area contributed by atoms with Gasteiger partial charge in [-0.25, -0.2) is 13.1 Å². The highest BCUT2D eigenvalue weighted by Crippen LogP contribution is 2.00. The molecule has 0 spiro atoms. The lowest BCUT2D eigenvalue weighted by Crippen LogP contribution is -2.29. The molecular weight excluding hydrogens is 244 g/mol. The van der Waals surface area contributed by atoms with Crippen LogP contribution < -0.4 is 10.2 Å². The van der Waals surface area contributed by atoms with E-state index in [2.05, 4.69) is 9.71 Å². The van der Waals surface area contributed by atoms with Gasteiger partial charge in [0.1, 0.15) is 4.90 Å². The normalized spacial score (nSPS) is 11.6. The van der Waals surface area contributed by atoms with Crippen molar-refractivity contribution in [1.82, 2.24) is 9.71 Å². The molecule has 1 rings (SSSR count). The van der Waals surface area contributed by atoms with Crippen LogP contribution in [-0.2, 0) is 10.0 Å². The molecule has 0 amide bonds. The van der Waals surface area contributed by atoms with Gasteiger partial charge in [0.25, 0.3) is 0 Å². The van der Waals surface area contributed by atoms with Gasteiger partial charge in [-0.1, -0.05) is 0 Å². The van der Waals surface area contributed by atoms with Crippen LogP contribution in [-0.4, -0.2) is 31.7 Å². The summed E-state index contributed by atoms with van der Waals surface area (Å²) in [5.74, 6) is 0. The molecule has 0 fully saturated rings. The number of aliphatic hydroxyl groups excluding tert-OH is 1. The molecule has 0 aliphatic carbocycles. The predicted octanol–water partition coefficient (Wildman–Crippen LogP) is -0.184. The van der Waals surface area contributed by atoms with Gasteiger partial charge in [0.2, 0.25) is 15.5 Å². The number of H-pyrrole nitrogens is 1. The molecule has 0 aliphatic rings. The Hall–Kier alpha value is -1.18. The molecule has 96 valence electrons. The van der Waals surface area contributed by atoms with Crippen molar-refractivity contribution in [1.29, 1.82) is 0 Å². The summed E-state index contributed by atoms with van der Waals surface area (Å²) in [4.78, 5) is 13.6. The first-order chi connectivity index (χ1) is 8.08. The molecule has 0 unspecified atom stereocenters. The molecule has 0 atom stereocenters. The van der Waals surface area contributed by atoms with Gasteiger partial charge in [-0.3, -0.25) is 4.79 Å². The minimum Gasteiger partial charge on any atom is -0.396 e. The zero-order valence-corrected chi connectivity index (χ0v) is 10.2. The molecule has 7 heteroatoms. The Kier molecular flexibility index (Phi) is 5.33. The van der Waals surface area contributed by atoms with Crippen molar-refractivity contribution in [2.24, 2.45) is 0 Å². The van der Waals surface area contributed by atoms with Crippen molar-refractivity contribution < 1.29 is 13.5 Å². The van der Waals surface area contributed by atoms with E-state index < -0.39 is 15.5 Å². The SMILES string of the molecule is O=c1cc[nH]cc1S(=O)(=O)NCCCCCO. The quantitative estimate of drug-likeness (QED) is 0.592. The number of sulfonamides is 1. The van der Waals surface area contributed by atoms with Gasteiger partial charge in [-0.2, -0.15) is 0 Å². The molecule has 3 N–H and O–H groups in total. The van der Waals surface area contributed by atoms with Crippen LogP contribution >= 0.6 is 0 Å². The number of pyridine rings is 1. The lowest BCUT2D eigenvalue weighted by Gasteiger charge is -2.05. The van der Waals surface area contributed by atoms with Gasteiger partial charge in [-0.05, 0) is 19.3 Å². The molecule has 1 aromatic heterocycles. The molecule has 0 bridgehead atoms. The van der Waals surface area contributed by atoms with E-state index in [4.69, 9.17) is 5.11 Å². The number of rotatable bonds is 7. The summed E-state index contributed by atoms with van der Waals surface area (Å²) in [6, 6.07) is 1.17. The van der Waals surface area contributed by atoms with Crippen LogP contribution in [0.4, 0.5) is 0 Å². The van der Waals surface area contributed by atoms with E-state index in [1.165, 1.54) is 18.5 Å². The molecule has 0 radical (unpaired) electrons. The first kappa shape index (κ1) is 13.9. The predicted molar refractivity (Wildman–Crippen MR) is 63.2 cm³/mol. The largest absolute Gasteiger partial charge is 0.396 e. The fourth-order valence-corrected chi connectivity index (χ4v) is 2.43. The third-order valence-electron chi connectivity index (χ3n) is 2.20. The van der Waals surface area contributed by atoms with Crippen molar-refractivity contribution >= 4 is 10.0 Å². The fourth-order valence-electron chi connectivity index (χ4n) is 1.31. The van der Waals surface area contributed by atoms with Crippen LogP contribution in [0.25, 0.3) is 0 Å². The van der Waals surface area contributed by atoms with Crippen molar-refractivity contribution in [3.8, 4) is 0 Å². The summed E-state index contributed by atoms with van der Waals surface area (Å²) in [6.45, 7) is 0.363. The van der Waals surface area contributed by atoms with E-state index in [0.717, 1.165) is 6.42 Å². The van der Waals surface area contributed by atoms with Crippen molar-refractivity contribution in [3.05, 3.63) is 28.7 Å². The first-order valence-electron chi connectivity index (χ1n) is 5.35. The van der Waals surface area contributed by atoms with Gasteiger partial charge in [0.05, 0.1) is 0 Å². The zero-order chi connectivity index (χ0) is 12.7. The average Bonchev–Trinajstić information content (AvgIpc) is 2.29. The molecular formula is C10H16N2O4S. The number of hydrogen-bond donors (Lipinski definition) is 3. The first-order valence-corrected chi connectivity index (χ1v) is 6.84. The molecule has 0 aromatic carbocycles. The summed E-state index contributed by atoms with van der Waals surface area (Å²) in [7, 11) is -3.73. The van der Waals surface area contributed by atoms with Crippen molar-refractivity contribution in [3.63, 3.8) is 0 Å². The Morgan fingerprint density at radius 3 is 2.71 bits per heavy atom. The third kappa shape index (κ3) is 4.29. The lowest BCUT2D eigenvalue weighted by atomic mass is 10.2. The molecule has 1 aromatic rings. The molecule has 1 heterocycles. The summed E-state index contributed by atoms with van der Waals surface area (Å²) in [5.41, 5.74) is -0.536. The zero-order valence-electron chi connectivity index (χ0n) is 9.35. The maximum atomic E-state index is 11.7. The van der Waals surface area contributed by atoms with Crippen molar-refractivity contribution in [2.45, 2.75) is 24.2 Å². The highest BCUT2D eigenvalue weighted by molar-refractivity contribution is 7.89. The molecule has 17 heavy (non-hydrogen) atoms. The Morgan fingerprint density at radius 2 is 2.06 bits per heavy atom. The Balaban J connectivity index is 2.58. The van der Waals surface area contributed by atoms with Gasteiger partial charge >= 0.3 is 0 Å². The van der Waals surface area contributed by atoms with Gasteiger partial charge in [0, 0.05) is 31.6 Å². The molecule has 6 nitrogen and oxygen atoms in total. The fraction of sp³-hybridized carbons (Fsp3) is 0.500. The Morgan fingerprint density at radius 1 is 1.29 bits per heavy atom. The number of aromatic amines is 1. The lowest BCUT2D eigenvalue weighted by molar-refractivity contribution is 0.283. The highest BCUT2D eigenvalue weighted by Gasteiger charge is 2.16. The standard InChI is InChI=1S/C10H16N2O4S/c13-7-3-1-2-5-12-17(15,16)10-8-11-6-4-9(10)14/h4,6,8,12-13H,1-3,5,7H2,(H,11,14). The molecule has 0 saturated heterocycles.